The molecule has 146 valence electrons. The molecule has 0 radical (unpaired) electrons. The van der Waals surface area contributed by atoms with Gasteiger partial charge in [0.05, 0.1) is 12.3 Å². The average molecular weight is 375 g/mol. The molecule has 0 aliphatic rings. The van der Waals surface area contributed by atoms with Crippen LogP contribution in [0.1, 0.15) is 35.1 Å². The van der Waals surface area contributed by atoms with Crippen molar-refractivity contribution in [3.05, 3.63) is 41.2 Å². The fourth-order valence-corrected chi connectivity index (χ4v) is 2.61. The van der Waals surface area contributed by atoms with E-state index in [9.17, 15) is 9.59 Å². The van der Waals surface area contributed by atoms with Crippen molar-refractivity contribution in [2.24, 2.45) is 0 Å². The molecule has 0 fully saturated rings. The van der Waals surface area contributed by atoms with Gasteiger partial charge < -0.3 is 19.9 Å². The molecule has 0 unspecified atom stereocenters. The van der Waals surface area contributed by atoms with Crippen molar-refractivity contribution in [2.45, 2.75) is 33.7 Å². The average Bonchev–Trinajstić information content (AvgIpc) is 2.94. The van der Waals surface area contributed by atoms with Gasteiger partial charge in [0.2, 0.25) is 0 Å². The molecule has 27 heavy (non-hydrogen) atoms. The van der Waals surface area contributed by atoms with Crippen molar-refractivity contribution in [1.29, 1.82) is 0 Å². The van der Waals surface area contributed by atoms with Crippen LogP contribution in [0.5, 0.6) is 11.5 Å². The second kappa shape index (κ2) is 9.61. The van der Waals surface area contributed by atoms with Crippen molar-refractivity contribution in [3.63, 3.8) is 0 Å². The lowest BCUT2D eigenvalue weighted by molar-refractivity contribution is -0.139. The monoisotopic (exact) mass is 375 g/mol. The second-order valence-electron chi connectivity index (χ2n) is 6.04. The van der Waals surface area contributed by atoms with Gasteiger partial charge in [-0.25, -0.2) is 4.79 Å². The van der Waals surface area contributed by atoms with Crippen molar-refractivity contribution in [2.75, 3.05) is 19.8 Å². The summed E-state index contributed by atoms with van der Waals surface area (Å²) in [5.74, 6) is -0.676. The van der Waals surface area contributed by atoms with E-state index in [1.54, 1.807) is 25.1 Å². The number of carbonyl (C=O) groups excluding carboxylic acids is 1. The summed E-state index contributed by atoms with van der Waals surface area (Å²) in [6.07, 6.45) is 0.756. The van der Waals surface area contributed by atoms with Gasteiger partial charge in [-0.1, -0.05) is 0 Å². The number of benzene rings is 1. The zero-order valence-electron chi connectivity index (χ0n) is 15.8. The van der Waals surface area contributed by atoms with Crippen LogP contribution in [-0.2, 0) is 11.3 Å². The Morgan fingerprint density at radius 3 is 2.59 bits per heavy atom. The van der Waals surface area contributed by atoms with E-state index in [1.807, 2.05) is 24.6 Å². The molecule has 1 aromatic heterocycles. The Kier molecular flexibility index (Phi) is 7.22. The van der Waals surface area contributed by atoms with Gasteiger partial charge in [-0.3, -0.25) is 9.48 Å². The summed E-state index contributed by atoms with van der Waals surface area (Å²) >= 11 is 0. The van der Waals surface area contributed by atoms with Gasteiger partial charge in [0, 0.05) is 24.3 Å². The van der Waals surface area contributed by atoms with Crippen LogP contribution in [0.4, 0.5) is 0 Å². The van der Waals surface area contributed by atoms with Crippen LogP contribution < -0.4 is 14.8 Å². The minimum absolute atomic E-state index is 0.228. The molecule has 2 aromatic rings. The van der Waals surface area contributed by atoms with Crippen molar-refractivity contribution in [1.82, 2.24) is 15.1 Å². The van der Waals surface area contributed by atoms with Crippen molar-refractivity contribution >= 4 is 11.9 Å². The number of ether oxygens (including phenoxy) is 2. The predicted octanol–water partition coefficient (Wildman–Crippen LogP) is 2.18. The molecule has 1 amide bonds. The Morgan fingerprint density at radius 2 is 1.96 bits per heavy atom. The summed E-state index contributed by atoms with van der Waals surface area (Å²) in [5, 5.41) is 16.0. The van der Waals surface area contributed by atoms with Crippen LogP contribution in [0.3, 0.4) is 0 Å². The first-order valence-corrected chi connectivity index (χ1v) is 8.81. The Bertz CT molecular complexity index is 801. The van der Waals surface area contributed by atoms with E-state index in [2.05, 4.69) is 10.4 Å². The first-order chi connectivity index (χ1) is 12.9. The molecule has 0 atom stereocenters. The fraction of sp³-hybridized carbons (Fsp3) is 0.421. The van der Waals surface area contributed by atoms with Gasteiger partial charge in [-0.05, 0) is 51.5 Å². The Balaban J connectivity index is 1.91. The third-order valence-electron chi connectivity index (χ3n) is 3.79. The number of carboxylic acids is 1. The van der Waals surface area contributed by atoms with Crippen LogP contribution in [0.2, 0.25) is 0 Å². The van der Waals surface area contributed by atoms with E-state index in [4.69, 9.17) is 14.6 Å². The van der Waals surface area contributed by atoms with Gasteiger partial charge in [0.1, 0.15) is 0 Å². The Hall–Kier alpha value is -3.03. The number of hydrogen-bond acceptors (Lipinski definition) is 5. The third-order valence-corrected chi connectivity index (χ3v) is 3.79. The quantitative estimate of drug-likeness (QED) is 0.617. The number of aryl methyl sites for hydroxylation is 3. The molecule has 0 bridgehead atoms. The smallest absolute Gasteiger partial charge is 0.341 e. The Labute approximate surface area is 158 Å². The number of rotatable bonds is 10. The van der Waals surface area contributed by atoms with Gasteiger partial charge in [0.25, 0.3) is 5.91 Å². The summed E-state index contributed by atoms with van der Waals surface area (Å²) in [4.78, 5) is 23.0. The van der Waals surface area contributed by atoms with E-state index in [0.717, 1.165) is 24.4 Å². The molecule has 8 heteroatoms. The van der Waals surface area contributed by atoms with Gasteiger partial charge in [-0.2, -0.15) is 5.10 Å². The summed E-state index contributed by atoms with van der Waals surface area (Å²) in [6, 6.07) is 6.69. The summed E-state index contributed by atoms with van der Waals surface area (Å²) in [6.45, 7) is 6.89. The van der Waals surface area contributed by atoms with E-state index >= 15 is 0 Å². The molecule has 1 aromatic carbocycles. The standard InChI is InChI=1S/C19H25N3O5/c1-4-26-17-11-15(6-7-16(17)27-12-18(23)24)19(25)20-8-5-9-22-14(3)10-13(2)21-22/h6-7,10-11H,4-5,8-9,12H2,1-3H3,(H,20,25)(H,23,24). The highest BCUT2D eigenvalue weighted by Crippen LogP contribution is 2.28. The number of aromatic nitrogens is 2. The molecule has 1 heterocycles. The van der Waals surface area contributed by atoms with Gasteiger partial charge >= 0.3 is 5.97 Å². The zero-order valence-corrected chi connectivity index (χ0v) is 15.8. The first-order valence-electron chi connectivity index (χ1n) is 8.81. The third kappa shape index (κ3) is 6.02. The molecule has 8 nitrogen and oxygen atoms in total. The van der Waals surface area contributed by atoms with Crippen LogP contribution in [0, 0.1) is 13.8 Å². The van der Waals surface area contributed by atoms with E-state index in [1.165, 1.54) is 0 Å². The number of aliphatic carboxylic acids is 1. The van der Waals surface area contributed by atoms with Gasteiger partial charge in [-0.15, -0.1) is 0 Å². The molecular weight excluding hydrogens is 350 g/mol. The van der Waals surface area contributed by atoms with Crippen molar-refractivity contribution in [3.8, 4) is 11.5 Å². The minimum atomic E-state index is -1.08. The number of nitrogens with one attached hydrogen (secondary N) is 1. The molecule has 0 aliphatic carbocycles. The predicted molar refractivity (Wildman–Crippen MR) is 99.4 cm³/mol. The van der Waals surface area contributed by atoms with Crippen molar-refractivity contribution < 1.29 is 24.2 Å². The van der Waals surface area contributed by atoms with Crippen LogP contribution in [0.15, 0.2) is 24.3 Å². The Morgan fingerprint density at radius 1 is 1.19 bits per heavy atom. The maximum Gasteiger partial charge on any atom is 0.341 e. The van der Waals surface area contributed by atoms with Gasteiger partial charge in [0.15, 0.2) is 18.1 Å². The lowest BCUT2D eigenvalue weighted by atomic mass is 10.2. The maximum absolute atomic E-state index is 12.3. The van der Waals surface area contributed by atoms with E-state index < -0.39 is 12.6 Å². The lowest BCUT2D eigenvalue weighted by Gasteiger charge is -2.12. The maximum atomic E-state index is 12.3. The molecule has 0 spiro atoms. The minimum Gasteiger partial charge on any atom is -0.490 e. The highest BCUT2D eigenvalue weighted by molar-refractivity contribution is 5.94. The molecular formula is C19H25N3O5. The molecule has 0 saturated carbocycles. The SMILES string of the molecule is CCOc1cc(C(=O)NCCCn2nc(C)cc2C)ccc1OCC(=O)O. The highest BCUT2D eigenvalue weighted by atomic mass is 16.5. The number of hydrogen-bond donors (Lipinski definition) is 2. The zero-order chi connectivity index (χ0) is 19.8. The highest BCUT2D eigenvalue weighted by Gasteiger charge is 2.12. The fourth-order valence-electron chi connectivity index (χ4n) is 2.61. The topological polar surface area (TPSA) is 103 Å². The van der Waals surface area contributed by atoms with E-state index in [-0.39, 0.29) is 5.91 Å². The molecule has 2 rings (SSSR count). The van der Waals surface area contributed by atoms with Crippen LogP contribution in [-0.4, -0.2) is 46.5 Å². The first kappa shape index (κ1) is 20.3. The molecule has 2 N–H and O–H groups in total. The van der Waals surface area contributed by atoms with Crippen LogP contribution in [0.25, 0.3) is 0 Å². The van der Waals surface area contributed by atoms with Crippen LogP contribution >= 0.6 is 0 Å². The number of amides is 1. The summed E-state index contributed by atoms with van der Waals surface area (Å²) in [7, 11) is 0. The summed E-state index contributed by atoms with van der Waals surface area (Å²) in [5.41, 5.74) is 2.49. The molecule has 0 saturated heterocycles. The second-order valence-corrected chi connectivity index (χ2v) is 6.04. The largest absolute Gasteiger partial charge is 0.490 e. The lowest BCUT2D eigenvalue weighted by Crippen LogP contribution is -2.25. The number of carbonyl (C=O) groups is 2. The normalized spacial score (nSPS) is 10.5. The number of nitrogens with zero attached hydrogens (tertiary/aromatic N) is 2. The summed E-state index contributed by atoms with van der Waals surface area (Å²) < 4.78 is 12.6. The van der Waals surface area contributed by atoms with E-state index in [0.29, 0.717) is 30.2 Å². The number of carboxylic acid groups (broad SMARTS) is 1. The molecule has 0 aliphatic heterocycles.